The largest absolute Gasteiger partial charge is 0.444 e. The summed E-state index contributed by atoms with van der Waals surface area (Å²) in [4.78, 5) is 56.0. The molecule has 0 spiro atoms. The number of nitrogens with two attached hydrogens (primary N) is 1. The van der Waals surface area contributed by atoms with Crippen LogP contribution in [0.1, 0.15) is 53.0 Å². The van der Waals surface area contributed by atoms with Gasteiger partial charge in [-0.2, -0.15) is 18.2 Å². The van der Waals surface area contributed by atoms with Gasteiger partial charge < -0.3 is 35.6 Å². The number of H-pyrrole nitrogens is 1. The number of benzene rings is 2. The van der Waals surface area contributed by atoms with Gasteiger partial charge in [0.2, 0.25) is 17.7 Å². The van der Waals surface area contributed by atoms with E-state index >= 15 is 0 Å². The molecule has 3 heterocycles. The molecule has 3 atom stereocenters. The van der Waals surface area contributed by atoms with Crippen LogP contribution in [0.3, 0.4) is 0 Å². The Labute approximate surface area is 290 Å². The van der Waals surface area contributed by atoms with Crippen LogP contribution in [0.5, 0.6) is 11.6 Å². The van der Waals surface area contributed by atoms with Crippen LogP contribution in [0.15, 0.2) is 47.3 Å². The van der Waals surface area contributed by atoms with Crippen molar-refractivity contribution in [2.24, 2.45) is 0 Å². The second kappa shape index (κ2) is 14.4. The van der Waals surface area contributed by atoms with Crippen molar-refractivity contribution >= 4 is 40.5 Å². The van der Waals surface area contributed by atoms with Crippen molar-refractivity contribution in [1.82, 2.24) is 24.8 Å². The van der Waals surface area contributed by atoms with E-state index in [-0.39, 0.29) is 71.0 Å². The summed E-state index contributed by atoms with van der Waals surface area (Å²) in [6.45, 7) is 8.92. The molecule has 2 amide bonds. The van der Waals surface area contributed by atoms with Crippen LogP contribution in [0.2, 0.25) is 0 Å². The number of carbonyl (C=O) groups is 2. The number of carbonyl (C=O) groups excluding carboxylic acids is 2. The molecule has 2 unspecified atom stereocenters. The number of amides is 2. The van der Waals surface area contributed by atoms with E-state index in [9.17, 15) is 27.6 Å². The quantitative estimate of drug-likeness (QED) is 0.161. The number of hydrogen-bond acceptors (Lipinski definition) is 11. The van der Waals surface area contributed by atoms with Crippen LogP contribution in [0, 0.1) is 0 Å². The number of para-hydroxylation sites is 1. The summed E-state index contributed by atoms with van der Waals surface area (Å²) in [6.07, 6.45) is -4.69. The summed E-state index contributed by atoms with van der Waals surface area (Å²) in [7, 11) is 1.51. The molecule has 5 N–H and O–H groups in total. The highest BCUT2D eigenvalue weighted by Crippen LogP contribution is 2.38. The van der Waals surface area contributed by atoms with Crippen LogP contribution in [0.25, 0.3) is 22.3 Å². The Kier molecular flexibility index (Phi) is 10.4. The van der Waals surface area contributed by atoms with Gasteiger partial charge in [0, 0.05) is 30.8 Å². The minimum atomic E-state index is -4.74. The number of anilines is 3. The molecule has 1 aliphatic rings. The molecule has 0 saturated carbocycles. The highest BCUT2D eigenvalue weighted by atomic mass is 19.4. The summed E-state index contributed by atoms with van der Waals surface area (Å²) in [5, 5.41) is 5.71. The van der Waals surface area contributed by atoms with E-state index in [0.29, 0.717) is 11.9 Å². The maximum Gasteiger partial charge on any atom is 0.416 e. The SMILES string of the molecule is COC[C@H](C)Nc1nc(Oc2cccc3[nH]c(=O)c(N)nc23)cc(-c2ccc(C(F)(F)F)cc2NC(=O)C2CCC(C)N2C(=O)OC(C)(C)C)n1. The predicted molar refractivity (Wildman–Crippen MR) is 183 cm³/mol. The third-order valence-electron chi connectivity index (χ3n) is 7.88. The van der Waals surface area contributed by atoms with Gasteiger partial charge in [-0.05, 0) is 71.7 Å². The number of aromatic nitrogens is 4. The van der Waals surface area contributed by atoms with E-state index in [1.807, 2.05) is 0 Å². The van der Waals surface area contributed by atoms with Crippen LogP contribution in [-0.4, -0.2) is 74.3 Å². The molecule has 1 aliphatic heterocycles. The van der Waals surface area contributed by atoms with E-state index in [1.54, 1.807) is 52.8 Å². The van der Waals surface area contributed by atoms with Gasteiger partial charge in [0.05, 0.1) is 29.1 Å². The smallest absolute Gasteiger partial charge is 0.416 e. The topological polar surface area (TPSA) is 187 Å². The number of aromatic amines is 1. The number of halogens is 3. The lowest BCUT2D eigenvalue weighted by atomic mass is 10.0. The van der Waals surface area contributed by atoms with Gasteiger partial charge in [-0.3, -0.25) is 14.5 Å². The van der Waals surface area contributed by atoms with Gasteiger partial charge in [0.15, 0.2) is 11.6 Å². The summed E-state index contributed by atoms with van der Waals surface area (Å²) in [5.41, 5.74) is 3.86. The lowest BCUT2D eigenvalue weighted by molar-refractivity contribution is -0.137. The zero-order valence-electron chi connectivity index (χ0n) is 28.8. The number of nitrogens with one attached hydrogen (secondary N) is 3. The Morgan fingerprint density at radius 3 is 2.53 bits per heavy atom. The third-order valence-corrected chi connectivity index (χ3v) is 7.88. The maximum absolute atomic E-state index is 14.0. The Bertz CT molecular complexity index is 2000. The van der Waals surface area contributed by atoms with Gasteiger partial charge in [-0.25, -0.2) is 14.8 Å². The monoisotopic (exact) mass is 712 g/mol. The molecule has 17 heteroatoms. The first-order valence-corrected chi connectivity index (χ1v) is 16.1. The second-order valence-corrected chi connectivity index (χ2v) is 13.2. The highest BCUT2D eigenvalue weighted by molar-refractivity contribution is 6.00. The van der Waals surface area contributed by atoms with Gasteiger partial charge in [-0.1, -0.05) is 12.1 Å². The van der Waals surface area contributed by atoms with Crippen LogP contribution in [0.4, 0.5) is 35.4 Å². The Hall–Kier alpha value is -5.45. The summed E-state index contributed by atoms with van der Waals surface area (Å²) in [5.74, 6) is -0.842. The van der Waals surface area contributed by atoms with Gasteiger partial charge >= 0.3 is 12.3 Å². The molecular formula is C34H39F3N8O6. The first kappa shape index (κ1) is 36.8. The molecule has 1 saturated heterocycles. The molecule has 272 valence electrons. The molecule has 4 aromatic rings. The lowest BCUT2D eigenvalue weighted by Crippen LogP contribution is -2.48. The van der Waals surface area contributed by atoms with E-state index in [1.165, 1.54) is 24.1 Å². The Morgan fingerprint density at radius 2 is 1.84 bits per heavy atom. The summed E-state index contributed by atoms with van der Waals surface area (Å²) in [6, 6.07) is 7.35. The average Bonchev–Trinajstić information content (AvgIpc) is 3.42. The minimum Gasteiger partial charge on any atom is -0.444 e. The molecule has 2 aromatic carbocycles. The van der Waals surface area contributed by atoms with Gasteiger partial charge in [0.25, 0.3) is 5.56 Å². The molecule has 0 aliphatic carbocycles. The van der Waals surface area contributed by atoms with Crippen LogP contribution >= 0.6 is 0 Å². The molecule has 51 heavy (non-hydrogen) atoms. The number of alkyl halides is 3. The first-order chi connectivity index (χ1) is 23.9. The summed E-state index contributed by atoms with van der Waals surface area (Å²) < 4.78 is 58.8. The summed E-state index contributed by atoms with van der Waals surface area (Å²) >= 11 is 0. The first-order valence-electron chi connectivity index (χ1n) is 16.1. The number of fused-ring (bicyclic) bond motifs is 1. The highest BCUT2D eigenvalue weighted by Gasteiger charge is 2.41. The molecule has 1 fully saturated rings. The number of nitrogens with zero attached hydrogens (tertiary/aromatic N) is 4. The van der Waals surface area contributed by atoms with E-state index in [0.717, 1.165) is 12.1 Å². The minimum absolute atomic E-state index is 0.0334. The lowest BCUT2D eigenvalue weighted by Gasteiger charge is -2.31. The Morgan fingerprint density at radius 1 is 1.10 bits per heavy atom. The molecule has 14 nitrogen and oxygen atoms in total. The van der Waals surface area contributed by atoms with Gasteiger partial charge in [-0.15, -0.1) is 0 Å². The zero-order valence-corrected chi connectivity index (χ0v) is 28.8. The number of likely N-dealkylation sites (tertiary alicyclic amines) is 1. The third kappa shape index (κ3) is 8.65. The number of methoxy groups -OCH3 is 1. The van der Waals surface area contributed by atoms with Crippen molar-refractivity contribution in [3.8, 4) is 22.9 Å². The zero-order chi connectivity index (χ0) is 37.2. The number of nitrogen functional groups attached to an aromatic ring is 1. The fourth-order valence-electron chi connectivity index (χ4n) is 5.61. The predicted octanol–water partition coefficient (Wildman–Crippen LogP) is 5.95. The van der Waals surface area contributed by atoms with Crippen molar-refractivity contribution in [2.45, 2.75) is 77.4 Å². The normalized spacial score (nSPS) is 16.9. The van der Waals surface area contributed by atoms with Gasteiger partial charge in [0.1, 0.15) is 17.2 Å². The van der Waals surface area contributed by atoms with E-state index < -0.39 is 40.9 Å². The van der Waals surface area contributed by atoms with Crippen molar-refractivity contribution in [3.05, 3.63) is 58.4 Å². The standard InChI is InChI=1S/C34H39F3N8O6/c1-17(16-49-6)39-31-42-23(15-26(43-31)50-25-9-7-8-21-27(25)44-28(38)30(47)40-21)20-12-11-19(34(35,36)37)14-22(20)41-29(46)24-13-10-18(2)45(24)32(48)51-33(3,4)5/h7-9,11-12,14-15,17-18,24H,10,13,16H2,1-6H3,(H2,38,44)(H,40,47)(H,41,46)(H,39,42,43)/t17-,18?,24?/m0/s1. The van der Waals surface area contributed by atoms with Crippen molar-refractivity contribution in [3.63, 3.8) is 0 Å². The fourth-order valence-corrected chi connectivity index (χ4v) is 5.61. The fraction of sp³-hybridized carbons (Fsp3) is 0.412. The molecule has 0 radical (unpaired) electrons. The second-order valence-electron chi connectivity index (χ2n) is 13.2. The number of hydrogen-bond donors (Lipinski definition) is 4. The molecular weight excluding hydrogens is 673 g/mol. The number of ether oxygens (including phenoxy) is 3. The molecule has 5 rings (SSSR count). The van der Waals surface area contributed by atoms with Crippen LogP contribution in [-0.2, 0) is 20.4 Å². The molecule has 0 bridgehead atoms. The van der Waals surface area contributed by atoms with E-state index in [2.05, 4.69) is 30.6 Å². The maximum atomic E-state index is 14.0. The van der Waals surface area contributed by atoms with Crippen molar-refractivity contribution < 1.29 is 37.0 Å². The van der Waals surface area contributed by atoms with E-state index in [4.69, 9.17) is 19.9 Å². The van der Waals surface area contributed by atoms with Crippen molar-refractivity contribution in [2.75, 3.05) is 30.1 Å². The number of rotatable bonds is 9. The molecule has 2 aromatic heterocycles. The Balaban J connectivity index is 1.58. The van der Waals surface area contributed by atoms with Crippen molar-refractivity contribution in [1.29, 1.82) is 0 Å². The van der Waals surface area contributed by atoms with Crippen LogP contribution < -0.4 is 26.7 Å². The average molecular weight is 713 g/mol.